The molecule has 7 heteroatoms. The van der Waals surface area contributed by atoms with Gasteiger partial charge in [-0.15, -0.1) is 0 Å². The Kier molecular flexibility index (Phi) is 2.91. The molecule has 0 radical (unpaired) electrons. The molecule has 86 valence electrons. The van der Waals surface area contributed by atoms with Crippen LogP contribution in [0.15, 0.2) is 30.7 Å². The molecule has 1 N–H and O–H groups in total. The average Bonchev–Trinajstić information content (AvgIpc) is 2.39. The van der Waals surface area contributed by atoms with Crippen molar-refractivity contribution >= 4 is 11.6 Å². The Hall–Kier alpha value is -2.57. The highest BCUT2D eigenvalue weighted by atomic mass is 16.6. The summed E-state index contributed by atoms with van der Waals surface area (Å²) >= 11 is 0. The van der Waals surface area contributed by atoms with E-state index in [2.05, 4.69) is 20.3 Å². The van der Waals surface area contributed by atoms with Gasteiger partial charge in [-0.05, 0) is 12.1 Å². The maximum absolute atomic E-state index is 10.9. The van der Waals surface area contributed by atoms with Crippen LogP contribution in [0.5, 0.6) is 0 Å². The van der Waals surface area contributed by atoms with Gasteiger partial charge in [0.25, 0.3) is 0 Å². The Labute approximate surface area is 96.7 Å². The van der Waals surface area contributed by atoms with Gasteiger partial charge in [0.2, 0.25) is 5.95 Å². The molecule has 0 atom stereocenters. The van der Waals surface area contributed by atoms with Crippen LogP contribution in [0.2, 0.25) is 0 Å². The molecule has 2 heterocycles. The van der Waals surface area contributed by atoms with E-state index in [1.54, 1.807) is 25.4 Å². The van der Waals surface area contributed by atoms with Crippen molar-refractivity contribution in [2.24, 2.45) is 0 Å². The van der Waals surface area contributed by atoms with E-state index in [9.17, 15) is 10.1 Å². The zero-order valence-electron chi connectivity index (χ0n) is 8.99. The molecule has 2 aromatic heterocycles. The number of nitrogens with one attached hydrogen (secondary N) is 1. The second kappa shape index (κ2) is 4.52. The highest BCUT2D eigenvalue weighted by Crippen LogP contribution is 2.26. The summed E-state index contributed by atoms with van der Waals surface area (Å²) in [5, 5.41) is 13.6. The number of rotatable bonds is 3. The Balaban J connectivity index is 2.61. The molecule has 17 heavy (non-hydrogen) atoms. The van der Waals surface area contributed by atoms with E-state index in [1.807, 2.05) is 0 Å². The van der Waals surface area contributed by atoms with Gasteiger partial charge in [0.15, 0.2) is 5.69 Å². The molecular formula is C10H9N5O2. The fourth-order valence-corrected chi connectivity index (χ4v) is 1.34. The van der Waals surface area contributed by atoms with Crippen molar-refractivity contribution in [2.45, 2.75) is 0 Å². The Bertz CT molecular complexity index is 544. The van der Waals surface area contributed by atoms with Gasteiger partial charge >= 0.3 is 5.69 Å². The van der Waals surface area contributed by atoms with Gasteiger partial charge < -0.3 is 5.32 Å². The van der Waals surface area contributed by atoms with Gasteiger partial charge in [-0.2, -0.15) is 0 Å². The minimum Gasteiger partial charge on any atom is -0.357 e. The maximum atomic E-state index is 10.9. The van der Waals surface area contributed by atoms with E-state index in [0.29, 0.717) is 11.5 Å². The number of hydrogen-bond acceptors (Lipinski definition) is 6. The monoisotopic (exact) mass is 231 g/mol. The summed E-state index contributed by atoms with van der Waals surface area (Å²) in [5.74, 6) is 0.328. The van der Waals surface area contributed by atoms with Crippen molar-refractivity contribution in [3.05, 3.63) is 40.8 Å². The van der Waals surface area contributed by atoms with E-state index in [-0.39, 0.29) is 11.4 Å². The SMILES string of the molecule is CNc1ncc([N+](=O)[O-])c(-c2cccnc2)n1. The molecule has 2 rings (SSSR count). The van der Waals surface area contributed by atoms with Gasteiger partial charge in [0, 0.05) is 25.0 Å². The first-order chi connectivity index (χ1) is 8.22. The fourth-order valence-electron chi connectivity index (χ4n) is 1.34. The molecule has 0 aliphatic rings. The van der Waals surface area contributed by atoms with Crippen LogP contribution >= 0.6 is 0 Å². The zero-order valence-corrected chi connectivity index (χ0v) is 8.99. The lowest BCUT2D eigenvalue weighted by Gasteiger charge is -2.03. The van der Waals surface area contributed by atoms with Crippen LogP contribution in [0.1, 0.15) is 0 Å². The first-order valence-electron chi connectivity index (χ1n) is 4.82. The summed E-state index contributed by atoms with van der Waals surface area (Å²) in [6.45, 7) is 0. The predicted molar refractivity (Wildman–Crippen MR) is 61.5 cm³/mol. The summed E-state index contributed by atoms with van der Waals surface area (Å²) in [6, 6.07) is 3.40. The predicted octanol–water partition coefficient (Wildman–Crippen LogP) is 1.49. The molecule has 0 amide bonds. The first-order valence-corrected chi connectivity index (χ1v) is 4.82. The van der Waals surface area contributed by atoms with E-state index in [1.165, 1.54) is 12.4 Å². The highest BCUT2D eigenvalue weighted by Gasteiger charge is 2.18. The van der Waals surface area contributed by atoms with Gasteiger partial charge in [0.05, 0.1) is 4.92 Å². The second-order valence-electron chi connectivity index (χ2n) is 3.18. The standard InChI is InChI=1S/C10H9N5O2/c1-11-10-13-6-8(15(16)17)9(14-10)7-3-2-4-12-5-7/h2-6H,1H3,(H,11,13,14). The minimum absolute atomic E-state index is 0.142. The summed E-state index contributed by atoms with van der Waals surface area (Å²) in [5.41, 5.74) is 0.692. The third kappa shape index (κ3) is 2.17. The molecule has 0 saturated heterocycles. The second-order valence-corrected chi connectivity index (χ2v) is 3.18. The molecule has 0 unspecified atom stereocenters. The third-order valence-electron chi connectivity index (χ3n) is 2.12. The van der Waals surface area contributed by atoms with Crippen molar-refractivity contribution in [3.8, 4) is 11.3 Å². The van der Waals surface area contributed by atoms with Crippen molar-refractivity contribution in [3.63, 3.8) is 0 Å². The number of pyridine rings is 1. The summed E-state index contributed by atoms with van der Waals surface area (Å²) < 4.78 is 0. The lowest BCUT2D eigenvalue weighted by atomic mass is 10.2. The van der Waals surface area contributed by atoms with Crippen LogP contribution in [0.4, 0.5) is 11.6 Å². The molecule has 0 aromatic carbocycles. The van der Waals surface area contributed by atoms with Crippen LogP contribution in [-0.2, 0) is 0 Å². The topological polar surface area (TPSA) is 93.8 Å². The molecule has 7 nitrogen and oxygen atoms in total. The highest BCUT2D eigenvalue weighted by molar-refractivity contribution is 5.69. The van der Waals surface area contributed by atoms with Crippen LogP contribution in [-0.4, -0.2) is 26.9 Å². The van der Waals surface area contributed by atoms with E-state index in [4.69, 9.17) is 0 Å². The van der Waals surface area contributed by atoms with Crippen molar-refractivity contribution in [2.75, 3.05) is 12.4 Å². The molecule has 0 spiro atoms. The lowest BCUT2D eigenvalue weighted by molar-refractivity contribution is -0.384. The average molecular weight is 231 g/mol. The number of hydrogen-bond donors (Lipinski definition) is 1. The Morgan fingerprint density at radius 1 is 1.41 bits per heavy atom. The van der Waals surface area contributed by atoms with Crippen LogP contribution in [0, 0.1) is 10.1 Å². The smallest absolute Gasteiger partial charge is 0.313 e. The summed E-state index contributed by atoms with van der Waals surface area (Å²) in [4.78, 5) is 22.2. The van der Waals surface area contributed by atoms with Crippen LogP contribution in [0.25, 0.3) is 11.3 Å². The third-order valence-corrected chi connectivity index (χ3v) is 2.12. The van der Waals surface area contributed by atoms with Gasteiger partial charge in [0.1, 0.15) is 6.20 Å². The van der Waals surface area contributed by atoms with Crippen molar-refractivity contribution in [1.82, 2.24) is 15.0 Å². The number of aromatic nitrogens is 3. The molecule has 2 aromatic rings. The molecule has 0 aliphatic heterocycles. The number of anilines is 1. The van der Waals surface area contributed by atoms with Gasteiger partial charge in [-0.1, -0.05) is 0 Å². The maximum Gasteiger partial charge on any atom is 0.313 e. The first kappa shape index (κ1) is 10.9. The zero-order chi connectivity index (χ0) is 12.3. The van der Waals surface area contributed by atoms with Gasteiger partial charge in [-0.3, -0.25) is 15.1 Å². The van der Waals surface area contributed by atoms with E-state index >= 15 is 0 Å². The Morgan fingerprint density at radius 2 is 2.24 bits per heavy atom. The number of nitro groups is 1. The largest absolute Gasteiger partial charge is 0.357 e. The van der Waals surface area contributed by atoms with Crippen molar-refractivity contribution in [1.29, 1.82) is 0 Å². The molecule has 0 fully saturated rings. The van der Waals surface area contributed by atoms with Crippen LogP contribution < -0.4 is 5.32 Å². The Morgan fingerprint density at radius 3 is 2.82 bits per heavy atom. The molecule has 0 aliphatic carbocycles. The fraction of sp³-hybridized carbons (Fsp3) is 0.100. The van der Waals surface area contributed by atoms with E-state index in [0.717, 1.165) is 0 Å². The van der Waals surface area contributed by atoms with Crippen LogP contribution in [0.3, 0.4) is 0 Å². The van der Waals surface area contributed by atoms with E-state index < -0.39 is 4.92 Å². The molecule has 0 saturated carbocycles. The quantitative estimate of drug-likeness (QED) is 0.635. The van der Waals surface area contributed by atoms with Crippen molar-refractivity contribution < 1.29 is 4.92 Å². The molecule has 0 bridgehead atoms. The molecular weight excluding hydrogens is 222 g/mol. The lowest BCUT2D eigenvalue weighted by Crippen LogP contribution is -2.01. The number of nitrogens with zero attached hydrogens (tertiary/aromatic N) is 4. The summed E-state index contributed by atoms with van der Waals surface area (Å²) in [6.07, 6.45) is 4.30. The normalized spacial score (nSPS) is 9.94. The summed E-state index contributed by atoms with van der Waals surface area (Å²) in [7, 11) is 1.65. The van der Waals surface area contributed by atoms with Gasteiger partial charge in [-0.25, -0.2) is 9.97 Å². The minimum atomic E-state index is -0.512.